The lowest BCUT2D eigenvalue weighted by Gasteiger charge is -2.32. The molecule has 6 nitrogen and oxygen atoms in total. The standard InChI is InChI=1S/C16H29N3O.CH2O2/c1-16(5-6-16)12-19-7-2-13(11-19)10-18-8-3-14(4-9-18)15(17)20;2-1-3/h13-14H,2-12H2,1H3,(H2,17,20);1H,(H,2,3). The van der Waals surface area contributed by atoms with Crippen LogP contribution in [0.5, 0.6) is 0 Å². The molecule has 0 bridgehead atoms. The molecule has 1 aliphatic carbocycles. The number of carbonyl (C=O) groups excluding carboxylic acids is 1. The van der Waals surface area contributed by atoms with Gasteiger partial charge in [0.1, 0.15) is 0 Å². The summed E-state index contributed by atoms with van der Waals surface area (Å²) in [4.78, 5) is 24.8. The van der Waals surface area contributed by atoms with Crippen LogP contribution in [0, 0.1) is 17.3 Å². The lowest BCUT2D eigenvalue weighted by atomic mass is 9.95. The van der Waals surface area contributed by atoms with Crippen LogP contribution in [0.2, 0.25) is 0 Å². The number of carbonyl (C=O) groups is 2. The van der Waals surface area contributed by atoms with Crippen LogP contribution in [-0.4, -0.2) is 66.6 Å². The maximum Gasteiger partial charge on any atom is 0.290 e. The maximum atomic E-state index is 11.2. The summed E-state index contributed by atoms with van der Waals surface area (Å²) in [5, 5.41) is 6.89. The molecule has 3 N–H and O–H groups in total. The zero-order chi connectivity index (χ0) is 16.9. The first-order valence-electron chi connectivity index (χ1n) is 8.77. The minimum absolute atomic E-state index is 0.102. The number of likely N-dealkylation sites (tertiary alicyclic amines) is 2. The van der Waals surface area contributed by atoms with Crippen molar-refractivity contribution in [3.63, 3.8) is 0 Å². The molecule has 0 aromatic carbocycles. The molecule has 132 valence electrons. The highest BCUT2D eigenvalue weighted by Gasteiger charge is 2.40. The van der Waals surface area contributed by atoms with E-state index in [1.807, 2.05) is 0 Å². The second-order valence-electron chi connectivity index (χ2n) is 7.78. The fraction of sp³-hybridized carbons (Fsp3) is 0.882. The molecule has 1 amide bonds. The monoisotopic (exact) mass is 325 g/mol. The molecule has 0 spiro atoms. The maximum absolute atomic E-state index is 11.2. The Morgan fingerprint density at radius 1 is 1.22 bits per heavy atom. The van der Waals surface area contributed by atoms with Crippen molar-refractivity contribution in [2.24, 2.45) is 23.0 Å². The normalized spacial score (nSPS) is 28.0. The summed E-state index contributed by atoms with van der Waals surface area (Å²) >= 11 is 0. The number of hydrogen-bond donors (Lipinski definition) is 2. The van der Waals surface area contributed by atoms with Crippen molar-refractivity contribution in [1.82, 2.24) is 9.80 Å². The number of piperidine rings is 1. The van der Waals surface area contributed by atoms with E-state index in [1.165, 1.54) is 45.4 Å². The molecule has 3 rings (SSSR count). The number of amides is 1. The summed E-state index contributed by atoms with van der Waals surface area (Å²) < 4.78 is 0. The summed E-state index contributed by atoms with van der Waals surface area (Å²) in [5.74, 6) is 0.859. The Bertz CT molecular complexity index is 404. The van der Waals surface area contributed by atoms with E-state index in [9.17, 15) is 4.79 Å². The van der Waals surface area contributed by atoms with E-state index in [4.69, 9.17) is 15.6 Å². The Morgan fingerprint density at radius 2 is 1.78 bits per heavy atom. The number of nitrogens with zero attached hydrogens (tertiary/aromatic N) is 2. The lowest BCUT2D eigenvalue weighted by Crippen LogP contribution is -2.41. The van der Waals surface area contributed by atoms with Gasteiger partial charge in [-0.25, -0.2) is 0 Å². The van der Waals surface area contributed by atoms with Crippen molar-refractivity contribution < 1.29 is 14.7 Å². The molecule has 1 atom stereocenters. The van der Waals surface area contributed by atoms with E-state index in [0.29, 0.717) is 5.41 Å². The average molecular weight is 325 g/mol. The summed E-state index contributed by atoms with van der Waals surface area (Å²) in [7, 11) is 0. The third-order valence-corrected chi connectivity index (χ3v) is 5.59. The average Bonchev–Trinajstić information content (AvgIpc) is 3.06. The first-order valence-corrected chi connectivity index (χ1v) is 8.77. The van der Waals surface area contributed by atoms with Gasteiger partial charge in [0.2, 0.25) is 5.91 Å². The first kappa shape index (κ1) is 18.2. The topological polar surface area (TPSA) is 86.9 Å². The highest BCUT2D eigenvalue weighted by molar-refractivity contribution is 5.76. The van der Waals surface area contributed by atoms with Crippen LogP contribution >= 0.6 is 0 Å². The van der Waals surface area contributed by atoms with Gasteiger partial charge in [0, 0.05) is 25.6 Å². The van der Waals surface area contributed by atoms with E-state index in [0.717, 1.165) is 31.8 Å². The Labute approximate surface area is 139 Å². The van der Waals surface area contributed by atoms with Crippen LogP contribution in [0.4, 0.5) is 0 Å². The Kier molecular flexibility index (Phi) is 6.41. The molecule has 3 fully saturated rings. The van der Waals surface area contributed by atoms with Gasteiger partial charge >= 0.3 is 0 Å². The molecule has 2 saturated heterocycles. The van der Waals surface area contributed by atoms with Crippen LogP contribution in [0.1, 0.15) is 39.0 Å². The number of primary amides is 1. The lowest BCUT2D eigenvalue weighted by molar-refractivity contribution is -0.123. The van der Waals surface area contributed by atoms with Gasteiger partial charge in [-0.1, -0.05) is 6.92 Å². The highest BCUT2D eigenvalue weighted by Crippen LogP contribution is 2.46. The Hall–Kier alpha value is -1.14. The van der Waals surface area contributed by atoms with Crippen LogP contribution < -0.4 is 5.73 Å². The van der Waals surface area contributed by atoms with Crippen molar-refractivity contribution in [1.29, 1.82) is 0 Å². The zero-order valence-corrected chi connectivity index (χ0v) is 14.2. The van der Waals surface area contributed by atoms with Gasteiger partial charge in [-0.2, -0.15) is 0 Å². The third-order valence-electron chi connectivity index (χ3n) is 5.59. The van der Waals surface area contributed by atoms with Crippen LogP contribution in [-0.2, 0) is 9.59 Å². The predicted octanol–water partition coefficient (Wildman–Crippen LogP) is 1.01. The van der Waals surface area contributed by atoms with E-state index >= 15 is 0 Å². The van der Waals surface area contributed by atoms with E-state index < -0.39 is 0 Å². The van der Waals surface area contributed by atoms with Crippen molar-refractivity contribution in [3.8, 4) is 0 Å². The highest BCUT2D eigenvalue weighted by atomic mass is 16.3. The number of hydrogen-bond acceptors (Lipinski definition) is 4. The van der Waals surface area contributed by atoms with Crippen LogP contribution in [0.3, 0.4) is 0 Å². The van der Waals surface area contributed by atoms with E-state index in [2.05, 4.69) is 16.7 Å². The molecular formula is C17H31N3O3. The van der Waals surface area contributed by atoms with Gasteiger partial charge in [-0.05, 0) is 63.1 Å². The number of nitrogens with two attached hydrogens (primary N) is 1. The molecule has 3 aliphatic rings. The van der Waals surface area contributed by atoms with Crippen LogP contribution in [0.15, 0.2) is 0 Å². The molecule has 0 aromatic rings. The number of rotatable bonds is 5. The molecule has 2 heterocycles. The molecule has 2 aliphatic heterocycles. The summed E-state index contributed by atoms with van der Waals surface area (Å²) in [6, 6.07) is 0. The largest absolute Gasteiger partial charge is 0.483 e. The smallest absolute Gasteiger partial charge is 0.290 e. The predicted molar refractivity (Wildman–Crippen MR) is 88.9 cm³/mol. The van der Waals surface area contributed by atoms with E-state index in [-0.39, 0.29) is 18.3 Å². The van der Waals surface area contributed by atoms with Crippen LogP contribution in [0.25, 0.3) is 0 Å². The van der Waals surface area contributed by atoms with Gasteiger partial charge in [0.05, 0.1) is 0 Å². The fourth-order valence-electron chi connectivity index (χ4n) is 3.88. The number of carboxylic acid groups (broad SMARTS) is 1. The van der Waals surface area contributed by atoms with Gasteiger partial charge in [0.15, 0.2) is 0 Å². The van der Waals surface area contributed by atoms with Crippen molar-refractivity contribution in [3.05, 3.63) is 0 Å². The third kappa shape index (κ3) is 5.77. The Balaban J connectivity index is 0.000000595. The molecular weight excluding hydrogens is 294 g/mol. The van der Waals surface area contributed by atoms with Gasteiger partial charge < -0.3 is 20.6 Å². The molecule has 23 heavy (non-hydrogen) atoms. The first-order chi connectivity index (χ1) is 11.0. The summed E-state index contributed by atoms with van der Waals surface area (Å²) in [6.45, 7) is 9.40. The second kappa shape index (κ2) is 8.11. The summed E-state index contributed by atoms with van der Waals surface area (Å²) in [6.07, 6.45) is 6.13. The van der Waals surface area contributed by atoms with E-state index in [1.54, 1.807) is 0 Å². The minimum atomic E-state index is -0.250. The van der Waals surface area contributed by atoms with Gasteiger partial charge in [-0.15, -0.1) is 0 Å². The van der Waals surface area contributed by atoms with Crippen molar-refractivity contribution >= 4 is 12.4 Å². The molecule has 1 unspecified atom stereocenters. The minimum Gasteiger partial charge on any atom is -0.483 e. The Morgan fingerprint density at radius 3 is 2.30 bits per heavy atom. The molecule has 0 aromatic heterocycles. The molecule has 6 heteroatoms. The quantitative estimate of drug-likeness (QED) is 0.737. The second-order valence-corrected chi connectivity index (χ2v) is 7.78. The van der Waals surface area contributed by atoms with Crippen molar-refractivity contribution in [2.45, 2.75) is 39.0 Å². The molecule has 1 saturated carbocycles. The molecule has 0 radical (unpaired) electrons. The zero-order valence-electron chi connectivity index (χ0n) is 14.2. The SMILES string of the molecule is CC1(CN2CCC(CN3CCC(C(N)=O)CC3)C2)CC1.O=CO. The fourth-order valence-corrected chi connectivity index (χ4v) is 3.88. The summed E-state index contributed by atoms with van der Waals surface area (Å²) in [5.41, 5.74) is 6.04. The van der Waals surface area contributed by atoms with Gasteiger partial charge in [-0.3, -0.25) is 9.59 Å². The van der Waals surface area contributed by atoms with Gasteiger partial charge in [0.25, 0.3) is 6.47 Å². The van der Waals surface area contributed by atoms with Crippen molar-refractivity contribution in [2.75, 3.05) is 39.3 Å².